The summed E-state index contributed by atoms with van der Waals surface area (Å²) >= 11 is 0. The highest BCUT2D eigenvalue weighted by atomic mass is 32.2. The first-order valence-electron chi connectivity index (χ1n) is 7.34. The minimum Gasteiger partial charge on any atom is -0.288 e. The van der Waals surface area contributed by atoms with E-state index in [2.05, 4.69) is 4.36 Å². The highest BCUT2D eigenvalue weighted by molar-refractivity contribution is 7.97. The van der Waals surface area contributed by atoms with Crippen molar-refractivity contribution in [2.75, 3.05) is 17.6 Å². The van der Waals surface area contributed by atoms with E-state index in [9.17, 15) is 17.4 Å². The molecule has 2 aromatic rings. The van der Waals surface area contributed by atoms with Gasteiger partial charge in [-0.25, -0.2) is 17.0 Å². The Balaban J connectivity index is 2.17. The number of carbonyl (C=O) groups excluding carboxylic acids is 1. The first-order valence-corrected chi connectivity index (χ1v) is 10.7. The molecule has 0 radical (unpaired) electrons. The van der Waals surface area contributed by atoms with Crippen LogP contribution in [-0.4, -0.2) is 31.7 Å². The van der Waals surface area contributed by atoms with Gasteiger partial charge in [-0.15, -0.1) is 0 Å². The maximum atomic E-state index is 12.7. The standard InChI is InChI=1S/C17H16N2O4S2/c1-19-15-11-7-6-10-14(15)17(20)16(25(19,22)23)12-18-24(2,21)13-8-4-3-5-9-13/h3-12H,1-2H3/b16-12-. The Morgan fingerprint density at radius 3 is 2.32 bits per heavy atom. The second kappa shape index (κ2) is 6.12. The lowest BCUT2D eigenvalue weighted by atomic mass is 10.1. The number of nitrogens with zero attached hydrogens (tertiary/aromatic N) is 2. The predicted octanol–water partition coefficient (Wildman–Crippen LogP) is 2.65. The third kappa shape index (κ3) is 2.98. The van der Waals surface area contributed by atoms with Gasteiger partial charge < -0.3 is 0 Å². The molecule has 0 spiro atoms. The number of allylic oxidation sites excluding steroid dienone is 1. The van der Waals surface area contributed by atoms with Crippen LogP contribution >= 0.6 is 0 Å². The number of hydrogen-bond acceptors (Lipinski definition) is 5. The molecule has 0 saturated heterocycles. The summed E-state index contributed by atoms with van der Waals surface area (Å²) in [6, 6.07) is 14.9. The van der Waals surface area contributed by atoms with E-state index in [0.29, 0.717) is 10.6 Å². The molecule has 0 N–H and O–H groups in total. The molecule has 1 atom stereocenters. The predicted molar refractivity (Wildman–Crippen MR) is 97.4 cm³/mol. The molecule has 0 saturated carbocycles. The van der Waals surface area contributed by atoms with Crippen LogP contribution in [0.2, 0.25) is 0 Å². The van der Waals surface area contributed by atoms with E-state index in [1.165, 1.54) is 13.3 Å². The number of para-hydroxylation sites is 1. The van der Waals surface area contributed by atoms with E-state index in [1.54, 1.807) is 54.6 Å². The van der Waals surface area contributed by atoms with Crippen molar-refractivity contribution in [2.24, 2.45) is 4.36 Å². The maximum absolute atomic E-state index is 12.7. The summed E-state index contributed by atoms with van der Waals surface area (Å²) in [6.45, 7) is 0. The van der Waals surface area contributed by atoms with Crippen molar-refractivity contribution in [1.82, 2.24) is 0 Å². The lowest BCUT2D eigenvalue weighted by Gasteiger charge is -2.27. The number of benzene rings is 2. The van der Waals surface area contributed by atoms with Crippen molar-refractivity contribution in [2.45, 2.75) is 4.90 Å². The van der Waals surface area contributed by atoms with Crippen molar-refractivity contribution in [3.63, 3.8) is 0 Å². The Morgan fingerprint density at radius 2 is 1.64 bits per heavy atom. The summed E-state index contributed by atoms with van der Waals surface area (Å²) in [5.74, 6) is -0.652. The highest BCUT2D eigenvalue weighted by Gasteiger charge is 2.38. The second-order valence-corrected chi connectivity index (χ2v) is 9.76. The monoisotopic (exact) mass is 376 g/mol. The third-order valence-electron chi connectivity index (χ3n) is 3.90. The number of carbonyl (C=O) groups is 1. The molecule has 3 rings (SSSR count). The van der Waals surface area contributed by atoms with Crippen molar-refractivity contribution in [3.8, 4) is 0 Å². The van der Waals surface area contributed by atoms with Gasteiger partial charge in [0.1, 0.15) is 0 Å². The molecule has 0 aliphatic carbocycles. The fourth-order valence-electron chi connectivity index (χ4n) is 2.47. The summed E-state index contributed by atoms with van der Waals surface area (Å²) in [6.07, 6.45) is 2.32. The summed E-state index contributed by atoms with van der Waals surface area (Å²) in [7, 11) is -5.54. The third-order valence-corrected chi connectivity index (χ3v) is 7.32. The van der Waals surface area contributed by atoms with E-state index >= 15 is 0 Å². The highest BCUT2D eigenvalue weighted by Crippen LogP contribution is 2.33. The molecular formula is C17H16N2O4S2. The maximum Gasteiger partial charge on any atom is 0.269 e. The molecule has 6 nitrogen and oxygen atoms in total. The van der Waals surface area contributed by atoms with Crippen molar-refractivity contribution in [3.05, 3.63) is 71.3 Å². The molecule has 0 aromatic heterocycles. The number of sulfonamides is 1. The fraction of sp³-hybridized carbons (Fsp3) is 0.118. The Kier molecular flexibility index (Phi) is 4.26. The van der Waals surface area contributed by atoms with E-state index in [-0.39, 0.29) is 5.56 Å². The van der Waals surface area contributed by atoms with Gasteiger partial charge in [-0.3, -0.25) is 9.10 Å². The van der Waals surface area contributed by atoms with Gasteiger partial charge in [-0.05, 0) is 24.3 Å². The average molecular weight is 376 g/mol. The van der Waals surface area contributed by atoms with Crippen LogP contribution in [0, 0.1) is 0 Å². The quantitative estimate of drug-likeness (QED) is 0.754. The molecule has 0 amide bonds. The molecule has 0 fully saturated rings. The van der Waals surface area contributed by atoms with Crippen LogP contribution in [-0.2, 0) is 19.8 Å². The van der Waals surface area contributed by atoms with Gasteiger partial charge in [0.05, 0.1) is 21.6 Å². The zero-order valence-electron chi connectivity index (χ0n) is 13.6. The van der Waals surface area contributed by atoms with E-state index in [0.717, 1.165) is 10.5 Å². The molecule has 2 aromatic carbocycles. The number of hydrogen-bond donors (Lipinski definition) is 0. The Bertz CT molecular complexity index is 1100. The molecular weight excluding hydrogens is 360 g/mol. The first-order chi connectivity index (χ1) is 11.7. The molecule has 1 aliphatic rings. The zero-order valence-corrected chi connectivity index (χ0v) is 15.3. The lowest BCUT2D eigenvalue weighted by molar-refractivity contribution is 0.104. The summed E-state index contributed by atoms with van der Waals surface area (Å²) in [5.41, 5.74) is 0.577. The molecule has 8 heteroatoms. The fourth-order valence-corrected chi connectivity index (χ4v) is 4.88. The number of ketones is 1. The minimum atomic E-state index is -4.04. The minimum absolute atomic E-state index is 0.267. The smallest absolute Gasteiger partial charge is 0.269 e. The molecule has 0 bridgehead atoms. The van der Waals surface area contributed by atoms with Crippen LogP contribution in [0.25, 0.3) is 0 Å². The van der Waals surface area contributed by atoms with Crippen LogP contribution in [0.4, 0.5) is 5.69 Å². The Labute approximate surface area is 147 Å². The normalized spacial score (nSPS) is 20.0. The first kappa shape index (κ1) is 17.4. The summed E-state index contributed by atoms with van der Waals surface area (Å²) < 4.78 is 43.0. The van der Waals surface area contributed by atoms with Crippen molar-refractivity contribution >= 4 is 31.2 Å². The molecule has 1 heterocycles. The summed E-state index contributed by atoms with van der Waals surface area (Å²) in [5, 5.41) is 0. The molecule has 130 valence electrons. The van der Waals surface area contributed by atoms with Gasteiger partial charge in [-0.2, -0.15) is 0 Å². The van der Waals surface area contributed by atoms with E-state index in [4.69, 9.17) is 0 Å². The van der Waals surface area contributed by atoms with Crippen molar-refractivity contribution in [1.29, 1.82) is 0 Å². The van der Waals surface area contributed by atoms with Gasteiger partial charge in [0.25, 0.3) is 10.0 Å². The Hall–Kier alpha value is -2.45. The number of Topliss-reactive ketones (excluding diaryl/α,β-unsaturated/α-hetero) is 1. The van der Waals surface area contributed by atoms with Crippen LogP contribution in [0.1, 0.15) is 10.4 Å². The van der Waals surface area contributed by atoms with Gasteiger partial charge in [0.2, 0.25) is 5.78 Å². The molecule has 1 unspecified atom stereocenters. The number of anilines is 1. The van der Waals surface area contributed by atoms with E-state index in [1.807, 2.05) is 0 Å². The number of fused-ring (bicyclic) bond motifs is 1. The lowest BCUT2D eigenvalue weighted by Crippen LogP contribution is -2.36. The van der Waals surface area contributed by atoms with Gasteiger partial charge in [-0.1, -0.05) is 30.3 Å². The van der Waals surface area contributed by atoms with Gasteiger partial charge >= 0.3 is 0 Å². The van der Waals surface area contributed by atoms with E-state index < -0.39 is 30.4 Å². The van der Waals surface area contributed by atoms with Crippen molar-refractivity contribution < 1.29 is 17.4 Å². The van der Waals surface area contributed by atoms with Crippen LogP contribution in [0.15, 0.2) is 75.0 Å². The van der Waals surface area contributed by atoms with Gasteiger partial charge in [0.15, 0.2) is 4.91 Å². The number of rotatable bonds is 2. The van der Waals surface area contributed by atoms with Gasteiger partial charge in [0, 0.05) is 23.8 Å². The topological polar surface area (TPSA) is 83.9 Å². The Morgan fingerprint density at radius 1 is 1.04 bits per heavy atom. The second-order valence-electron chi connectivity index (χ2n) is 5.53. The molecule has 1 aliphatic heterocycles. The largest absolute Gasteiger partial charge is 0.288 e. The zero-order chi connectivity index (χ0) is 18.2. The van der Waals surface area contributed by atoms with Crippen LogP contribution < -0.4 is 4.31 Å². The average Bonchev–Trinajstić information content (AvgIpc) is 2.60. The SMILES string of the molecule is CN1c2ccccc2C(=O)/C(=C/N=S(C)(=O)c2ccccc2)S1(=O)=O. The van der Waals surface area contributed by atoms with Crippen LogP contribution in [0.5, 0.6) is 0 Å². The summed E-state index contributed by atoms with van der Waals surface area (Å²) in [4.78, 5) is 12.6. The molecule has 25 heavy (non-hydrogen) atoms. The van der Waals surface area contributed by atoms with Crippen LogP contribution in [0.3, 0.4) is 0 Å².